The van der Waals surface area contributed by atoms with Crippen molar-refractivity contribution in [1.29, 1.82) is 0 Å². The summed E-state index contributed by atoms with van der Waals surface area (Å²) in [6, 6.07) is 10.4. The van der Waals surface area contributed by atoms with Gasteiger partial charge in [-0.25, -0.2) is 4.98 Å². The third kappa shape index (κ3) is 2.49. The summed E-state index contributed by atoms with van der Waals surface area (Å²) in [6.07, 6.45) is 5.02. The first-order chi connectivity index (χ1) is 12.7. The third-order valence-corrected chi connectivity index (χ3v) is 6.15. The topological polar surface area (TPSA) is 70.7 Å². The van der Waals surface area contributed by atoms with Crippen LogP contribution in [0.15, 0.2) is 36.5 Å². The maximum atomic E-state index is 12.2. The Kier molecular flexibility index (Phi) is 3.53. The van der Waals surface area contributed by atoms with Crippen LogP contribution in [-0.4, -0.2) is 21.1 Å². The number of H-pyrrole nitrogens is 1. The van der Waals surface area contributed by atoms with Crippen LogP contribution in [0.4, 0.5) is 5.13 Å². The second-order valence-corrected chi connectivity index (χ2v) is 7.94. The molecule has 6 heteroatoms. The van der Waals surface area contributed by atoms with E-state index in [1.807, 2.05) is 12.3 Å². The van der Waals surface area contributed by atoms with Crippen LogP contribution in [0.25, 0.3) is 32.2 Å². The lowest BCUT2D eigenvalue weighted by Crippen LogP contribution is -2.27. The zero-order valence-corrected chi connectivity index (χ0v) is 15.2. The second-order valence-electron chi connectivity index (χ2n) is 6.91. The lowest BCUT2D eigenvalue weighted by molar-refractivity contribution is -0.122. The zero-order valence-electron chi connectivity index (χ0n) is 14.4. The van der Waals surface area contributed by atoms with E-state index in [2.05, 4.69) is 51.7 Å². The van der Waals surface area contributed by atoms with Crippen molar-refractivity contribution in [3.05, 3.63) is 42.1 Å². The number of thiazole rings is 1. The Labute approximate surface area is 154 Å². The van der Waals surface area contributed by atoms with E-state index in [4.69, 9.17) is 0 Å². The first-order valence-electron chi connectivity index (χ1n) is 8.83. The van der Waals surface area contributed by atoms with Crippen molar-refractivity contribution in [1.82, 2.24) is 15.2 Å². The van der Waals surface area contributed by atoms with Crippen molar-refractivity contribution < 1.29 is 4.79 Å². The van der Waals surface area contributed by atoms with E-state index in [0.29, 0.717) is 5.13 Å². The number of hydrogen-bond acceptors (Lipinski definition) is 4. The summed E-state index contributed by atoms with van der Waals surface area (Å²) in [5.41, 5.74) is 5.48. The fourth-order valence-electron chi connectivity index (χ4n) is 3.52. The molecule has 0 spiro atoms. The van der Waals surface area contributed by atoms with Crippen LogP contribution in [0.3, 0.4) is 0 Å². The first kappa shape index (κ1) is 15.5. The Morgan fingerprint density at radius 1 is 1.27 bits per heavy atom. The highest BCUT2D eigenvalue weighted by atomic mass is 32.1. The van der Waals surface area contributed by atoms with Gasteiger partial charge in [0.15, 0.2) is 5.13 Å². The van der Waals surface area contributed by atoms with Gasteiger partial charge in [-0.15, -0.1) is 0 Å². The molecule has 2 N–H and O–H groups in total. The molecule has 5 rings (SSSR count). The average molecular weight is 362 g/mol. The minimum atomic E-state index is 0.106. The summed E-state index contributed by atoms with van der Waals surface area (Å²) in [6.45, 7) is 2.11. The maximum Gasteiger partial charge on any atom is 0.229 e. The molecule has 0 bridgehead atoms. The summed E-state index contributed by atoms with van der Waals surface area (Å²) in [5.74, 6) is 0.272. The molecule has 2 aromatic carbocycles. The van der Waals surface area contributed by atoms with E-state index in [9.17, 15) is 4.79 Å². The molecule has 26 heavy (non-hydrogen) atoms. The van der Waals surface area contributed by atoms with Crippen molar-refractivity contribution in [2.24, 2.45) is 5.92 Å². The number of aryl methyl sites for hydroxylation is 1. The summed E-state index contributed by atoms with van der Waals surface area (Å²) in [4.78, 5) is 16.7. The van der Waals surface area contributed by atoms with Crippen molar-refractivity contribution in [3.8, 4) is 11.1 Å². The number of amides is 1. The highest BCUT2D eigenvalue weighted by Gasteiger charge is 2.25. The number of aromatic amines is 1. The van der Waals surface area contributed by atoms with Crippen LogP contribution in [0.2, 0.25) is 0 Å². The van der Waals surface area contributed by atoms with Crippen molar-refractivity contribution >= 4 is 43.5 Å². The molecule has 0 radical (unpaired) electrons. The minimum Gasteiger partial charge on any atom is -0.302 e. The minimum absolute atomic E-state index is 0.106. The average Bonchev–Trinajstić information content (AvgIpc) is 3.18. The number of hydrogen-bond donors (Lipinski definition) is 2. The predicted molar refractivity (Wildman–Crippen MR) is 105 cm³/mol. The van der Waals surface area contributed by atoms with E-state index < -0.39 is 0 Å². The smallest absolute Gasteiger partial charge is 0.229 e. The number of carbonyl (C=O) groups is 1. The van der Waals surface area contributed by atoms with Crippen molar-refractivity contribution in [2.45, 2.75) is 26.2 Å². The van der Waals surface area contributed by atoms with Crippen LogP contribution < -0.4 is 5.32 Å². The number of aromatic nitrogens is 3. The van der Waals surface area contributed by atoms with Gasteiger partial charge in [-0.1, -0.05) is 29.9 Å². The molecule has 1 saturated carbocycles. The van der Waals surface area contributed by atoms with E-state index >= 15 is 0 Å². The van der Waals surface area contributed by atoms with Crippen molar-refractivity contribution in [2.75, 3.05) is 5.32 Å². The third-order valence-electron chi connectivity index (χ3n) is 5.22. The molecular weight excluding hydrogens is 344 g/mol. The summed E-state index contributed by atoms with van der Waals surface area (Å²) in [7, 11) is 0. The quantitative estimate of drug-likeness (QED) is 0.545. The molecule has 0 atom stereocenters. The number of fused-ring (bicyclic) bond motifs is 2. The highest BCUT2D eigenvalue weighted by molar-refractivity contribution is 7.22. The number of benzene rings is 2. The molecule has 2 aromatic heterocycles. The summed E-state index contributed by atoms with van der Waals surface area (Å²) < 4.78 is 1.08. The normalized spacial score (nSPS) is 14.7. The molecule has 5 nitrogen and oxygen atoms in total. The van der Waals surface area contributed by atoms with E-state index in [1.165, 1.54) is 22.5 Å². The highest BCUT2D eigenvalue weighted by Crippen LogP contribution is 2.36. The van der Waals surface area contributed by atoms with Gasteiger partial charge in [-0.05, 0) is 54.7 Å². The summed E-state index contributed by atoms with van der Waals surface area (Å²) >= 11 is 1.53. The van der Waals surface area contributed by atoms with Gasteiger partial charge in [0.1, 0.15) is 0 Å². The molecule has 1 aliphatic rings. The van der Waals surface area contributed by atoms with E-state index in [-0.39, 0.29) is 11.8 Å². The van der Waals surface area contributed by atoms with Crippen LogP contribution in [0.1, 0.15) is 24.8 Å². The Hall–Kier alpha value is -2.73. The van der Waals surface area contributed by atoms with Gasteiger partial charge in [0.05, 0.1) is 21.9 Å². The van der Waals surface area contributed by atoms with Gasteiger partial charge >= 0.3 is 0 Å². The molecular formula is C20H18N4OS. The van der Waals surface area contributed by atoms with Crippen LogP contribution in [-0.2, 0) is 4.79 Å². The largest absolute Gasteiger partial charge is 0.302 e. The van der Waals surface area contributed by atoms with Gasteiger partial charge in [0, 0.05) is 11.3 Å². The molecule has 130 valence electrons. The Morgan fingerprint density at radius 2 is 2.15 bits per heavy atom. The van der Waals surface area contributed by atoms with E-state index in [1.54, 1.807) is 0 Å². The van der Waals surface area contributed by atoms with Crippen LogP contribution in [0, 0.1) is 12.8 Å². The molecule has 0 saturated heterocycles. The molecule has 2 heterocycles. The molecule has 1 amide bonds. The number of carbonyl (C=O) groups excluding carboxylic acids is 1. The number of nitrogens with one attached hydrogen (secondary N) is 2. The SMILES string of the molecule is Cc1ccc2[nH]ncc2c1-c1ccc2nc(NC(=O)C3CCC3)sc2c1. The number of rotatable bonds is 3. The Morgan fingerprint density at radius 3 is 2.96 bits per heavy atom. The standard InChI is InChI=1S/C20H18N4OS/c1-11-5-7-15-14(10-21-24-15)18(11)13-6-8-16-17(9-13)26-20(22-16)23-19(25)12-3-2-4-12/h5-10,12H,2-4H2,1H3,(H,21,24)(H,22,23,25). The van der Waals surface area contributed by atoms with Crippen LogP contribution >= 0.6 is 11.3 Å². The monoisotopic (exact) mass is 362 g/mol. The molecule has 1 fully saturated rings. The molecule has 4 aromatic rings. The molecule has 1 aliphatic carbocycles. The lowest BCUT2D eigenvalue weighted by atomic mass is 9.85. The second kappa shape index (κ2) is 5.92. The van der Waals surface area contributed by atoms with Crippen LogP contribution in [0.5, 0.6) is 0 Å². The van der Waals surface area contributed by atoms with Gasteiger partial charge in [-0.2, -0.15) is 5.10 Å². The van der Waals surface area contributed by atoms with Gasteiger partial charge in [-0.3, -0.25) is 9.89 Å². The Balaban J connectivity index is 1.54. The van der Waals surface area contributed by atoms with Gasteiger partial charge < -0.3 is 5.32 Å². The fraction of sp³-hybridized carbons (Fsp3) is 0.250. The number of nitrogens with zero attached hydrogens (tertiary/aromatic N) is 2. The van der Waals surface area contributed by atoms with E-state index in [0.717, 1.165) is 45.9 Å². The predicted octanol–water partition coefficient (Wildman–Crippen LogP) is 4.89. The van der Waals surface area contributed by atoms with Gasteiger partial charge in [0.2, 0.25) is 5.91 Å². The number of anilines is 1. The first-order valence-corrected chi connectivity index (χ1v) is 9.65. The Bertz CT molecular complexity index is 1140. The molecule has 0 aliphatic heterocycles. The molecule has 0 unspecified atom stereocenters. The van der Waals surface area contributed by atoms with Gasteiger partial charge in [0.25, 0.3) is 0 Å². The maximum absolute atomic E-state index is 12.2. The zero-order chi connectivity index (χ0) is 17.7. The lowest BCUT2D eigenvalue weighted by Gasteiger charge is -2.23. The van der Waals surface area contributed by atoms with Crippen molar-refractivity contribution in [3.63, 3.8) is 0 Å². The summed E-state index contributed by atoms with van der Waals surface area (Å²) in [5, 5.41) is 12.0. The fourth-order valence-corrected chi connectivity index (χ4v) is 4.43.